The van der Waals surface area contributed by atoms with Crippen molar-refractivity contribution in [2.75, 3.05) is 25.2 Å². The summed E-state index contributed by atoms with van der Waals surface area (Å²) in [6.07, 6.45) is 1.89. The molecule has 5 nitrogen and oxygen atoms in total. The Morgan fingerprint density at radius 3 is 2.69 bits per heavy atom. The summed E-state index contributed by atoms with van der Waals surface area (Å²) in [5.41, 5.74) is 0. The Morgan fingerprint density at radius 1 is 1.62 bits per heavy atom. The van der Waals surface area contributed by atoms with Gasteiger partial charge < -0.3 is 10.1 Å². The van der Waals surface area contributed by atoms with E-state index in [0.29, 0.717) is 0 Å². The van der Waals surface area contributed by atoms with Crippen molar-refractivity contribution in [1.29, 1.82) is 0 Å². The minimum Gasteiger partial charge on any atom is -0.445 e. The van der Waals surface area contributed by atoms with E-state index in [1.54, 1.807) is 0 Å². The van der Waals surface area contributed by atoms with Crippen molar-refractivity contribution in [2.45, 2.75) is 0 Å². The number of sulfone groups is 1. The molecule has 76 valence electrons. The van der Waals surface area contributed by atoms with E-state index in [1.165, 1.54) is 6.08 Å². The normalized spacial score (nSPS) is 10.5. The lowest BCUT2D eigenvalue weighted by Crippen LogP contribution is -2.29. The molecule has 0 aromatic rings. The first kappa shape index (κ1) is 12.0. The number of ether oxygens (including phenoxy) is 1. The van der Waals surface area contributed by atoms with Crippen LogP contribution in [-0.2, 0) is 14.6 Å². The van der Waals surface area contributed by atoms with Gasteiger partial charge >= 0.3 is 6.09 Å². The Morgan fingerprint density at radius 2 is 2.23 bits per heavy atom. The fourth-order valence-electron chi connectivity index (χ4n) is 0.524. The standard InChI is InChI=1S/C7H13NO4S/c1-3-5-12-7(9)8-4-6-13(2,10)11/h3H,1,4-6H2,2H3,(H,8,9). The summed E-state index contributed by atoms with van der Waals surface area (Å²) in [5.74, 6) is -0.0871. The molecule has 0 radical (unpaired) electrons. The first-order valence-corrected chi connectivity index (χ1v) is 5.71. The van der Waals surface area contributed by atoms with E-state index in [-0.39, 0.29) is 18.9 Å². The van der Waals surface area contributed by atoms with Gasteiger partial charge in [-0.3, -0.25) is 0 Å². The summed E-state index contributed by atoms with van der Waals surface area (Å²) in [5, 5.41) is 2.29. The van der Waals surface area contributed by atoms with Crippen molar-refractivity contribution in [3.05, 3.63) is 12.7 Å². The van der Waals surface area contributed by atoms with Gasteiger partial charge in [-0.2, -0.15) is 0 Å². The van der Waals surface area contributed by atoms with E-state index in [4.69, 9.17) is 0 Å². The number of alkyl carbamates (subject to hydrolysis) is 1. The zero-order chi connectivity index (χ0) is 10.3. The molecule has 0 heterocycles. The molecule has 0 bridgehead atoms. The van der Waals surface area contributed by atoms with Crippen LogP contribution in [0.2, 0.25) is 0 Å². The highest BCUT2D eigenvalue weighted by Gasteiger charge is 2.04. The average Bonchev–Trinajstić information content (AvgIpc) is 1.98. The van der Waals surface area contributed by atoms with Gasteiger partial charge in [-0.15, -0.1) is 0 Å². The molecule has 0 aromatic heterocycles. The molecule has 0 atom stereocenters. The third-order valence-corrected chi connectivity index (χ3v) is 2.02. The Balaban J connectivity index is 3.54. The molecule has 0 aliphatic rings. The van der Waals surface area contributed by atoms with E-state index in [1.807, 2.05) is 0 Å². The van der Waals surface area contributed by atoms with Gasteiger partial charge in [0, 0.05) is 12.8 Å². The van der Waals surface area contributed by atoms with Crippen LogP contribution in [0.3, 0.4) is 0 Å². The largest absolute Gasteiger partial charge is 0.445 e. The maximum Gasteiger partial charge on any atom is 0.407 e. The lowest BCUT2D eigenvalue weighted by molar-refractivity contribution is 0.159. The molecule has 0 saturated heterocycles. The van der Waals surface area contributed by atoms with Gasteiger partial charge in [0.2, 0.25) is 0 Å². The van der Waals surface area contributed by atoms with Crippen LogP contribution in [0, 0.1) is 0 Å². The number of amides is 1. The van der Waals surface area contributed by atoms with E-state index >= 15 is 0 Å². The molecular formula is C7H13NO4S. The molecule has 13 heavy (non-hydrogen) atoms. The summed E-state index contributed by atoms with van der Waals surface area (Å²) in [7, 11) is -3.03. The first-order valence-electron chi connectivity index (χ1n) is 3.65. The lowest BCUT2D eigenvalue weighted by Gasteiger charge is -2.03. The SMILES string of the molecule is C=CCOC(=O)NCCS(C)(=O)=O. The quantitative estimate of drug-likeness (QED) is 0.641. The van der Waals surface area contributed by atoms with Crippen LogP contribution in [-0.4, -0.2) is 39.7 Å². The molecule has 6 heteroatoms. The second-order valence-corrected chi connectivity index (χ2v) is 4.70. The van der Waals surface area contributed by atoms with Crippen LogP contribution in [0.1, 0.15) is 0 Å². The highest BCUT2D eigenvalue weighted by Crippen LogP contribution is 1.82. The summed E-state index contributed by atoms with van der Waals surface area (Å²) < 4.78 is 25.8. The van der Waals surface area contributed by atoms with Crippen LogP contribution in [0.4, 0.5) is 4.79 Å². The molecule has 0 unspecified atom stereocenters. The Bertz CT molecular complexity index is 270. The molecule has 1 N–H and O–H groups in total. The molecular weight excluding hydrogens is 194 g/mol. The lowest BCUT2D eigenvalue weighted by atomic mass is 10.7. The van der Waals surface area contributed by atoms with Crippen molar-refractivity contribution in [2.24, 2.45) is 0 Å². The zero-order valence-electron chi connectivity index (χ0n) is 7.45. The highest BCUT2D eigenvalue weighted by atomic mass is 32.2. The Hall–Kier alpha value is -1.04. The highest BCUT2D eigenvalue weighted by molar-refractivity contribution is 7.90. The first-order chi connectivity index (χ1) is 5.95. The van der Waals surface area contributed by atoms with E-state index in [9.17, 15) is 13.2 Å². The van der Waals surface area contributed by atoms with Crippen molar-refractivity contribution in [3.8, 4) is 0 Å². The fourth-order valence-corrected chi connectivity index (χ4v) is 0.997. The van der Waals surface area contributed by atoms with Crippen LogP contribution in [0.25, 0.3) is 0 Å². The average molecular weight is 207 g/mol. The second kappa shape index (κ2) is 5.58. The molecule has 0 aliphatic heterocycles. The van der Waals surface area contributed by atoms with Crippen molar-refractivity contribution < 1.29 is 17.9 Å². The zero-order valence-corrected chi connectivity index (χ0v) is 8.26. The van der Waals surface area contributed by atoms with Gasteiger partial charge in [0.05, 0.1) is 5.75 Å². The Labute approximate surface area is 77.7 Å². The number of carbonyl (C=O) groups excluding carboxylic acids is 1. The van der Waals surface area contributed by atoms with Crippen molar-refractivity contribution >= 4 is 15.9 Å². The second-order valence-electron chi connectivity index (χ2n) is 2.44. The van der Waals surface area contributed by atoms with Gasteiger partial charge in [-0.05, 0) is 0 Å². The van der Waals surface area contributed by atoms with Gasteiger partial charge in [-0.25, -0.2) is 13.2 Å². The van der Waals surface area contributed by atoms with Crippen molar-refractivity contribution in [1.82, 2.24) is 5.32 Å². The maximum atomic E-state index is 10.7. The number of nitrogens with one attached hydrogen (secondary N) is 1. The van der Waals surface area contributed by atoms with Gasteiger partial charge in [-0.1, -0.05) is 12.7 Å². The van der Waals surface area contributed by atoms with Crippen LogP contribution < -0.4 is 5.32 Å². The minimum atomic E-state index is -3.03. The molecule has 0 saturated carbocycles. The molecule has 0 rings (SSSR count). The monoisotopic (exact) mass is 207 g/mol. The van der Waals surface area contributed by atoms with Crippen LogP contribution in [0.5, 0.6) is 0 Å². The summed E-state index contributed by atoms with van der Waals surface area (Å²) in [6.45, 7) is 3.53. The minimum absolute atomic E-state index is 0.0643. The predicted molar refractivity (Wildman–Crippen MR) is 49.3 cm³/mol. The summed E-state index contributed by atoms with van der Waals surface area (Å²) in [4.78, 5) is 10.7. The maximum absolute atomic E-state index is 10.7. The Kier molecular flexibility index (Phi) is 5.13. The molecule has 0 spiro atoms. The van der Waals surface area contributed by atoms with Gasteiger partial charge in [0.15, 0.2) is 0 Å². The van der Waals surface area contributed by atoms with E-state index < -0.39 is 15.9 Å². The van der Waals surface area contributed by atoms with Crippen LogP contribution >= 0.6 is 0 Å². The fraction of sp³-hybridized carbons (Fsp3) is 0.571. The number of rotatable bonds is 5. The number of carbonyl (C=O) groups is 1. The molecule has 0 aliphatic carbocycles. The van der Waals surface area contributed by atoms with E-state index in [0.717, 1.165) is 6.26 Å². The third-order valence-electron chi connectivity index (χ3n) is 1.07. The number of hydrogen-bond donors (Lipinski definition) is 1. The third kappa shape index (κ3) is 8.87. The van der Waals surface area contributed by atoms with Crippen LogP contribution in [0.15, 0.2) is 12.7 Å². The number of hydrogen-bond acceptors (Lipinski definition) is 4. The summed E-state index contributed by atoms with van der Waals surface area (Å²) in [6, 6.07) is 0. The van der Waals surface area contributed by atoms with Gasteiger partial charge in [0.25, 0.3) is 0 Å². The van der Waals surface area contributed by atoms with Gasteiger partial charge in [0.1, 0.15) is 16.4 Å². The summed E-state index contributed by atoms with van der Waals surface area (Å²) >= 11 is 0. The topological polar surface area (TPSA) is 72.5 Å². The predicted octanol–water partition coefficient (Wildman–Crippen LogP) is -0.0568. The molecule has 1 amide bonds. The molecule has 0 fully saturated rings. The van der Waals surface area contributed by atoms with E-state index in [2.05, 4.69) is 16.6 Å². The smallest absolute Gasteiger partial charge is 0.407 e. The van der Waals surface area contributed by atoms with Crippen molar-refractivity contribution in [3.63, 3.8) is 0 Å². The molecule has 0 aromatic carbocycles.